The monoisotopic (exact) mass is 365 g/mol. The molecule has 0 aliphatic carbocycles. The highest BCUT2D eigenvalue weighted by molar-refractivity contribution is 9.10. The average Bonchev–Trinajstić information content (AvgIpc) is 2.21. The number of carbonyl (C=O) groups excluding carboxylic acids is 1. The van der Waals surface area contributed by atoms with Crippen molar-refractivity contribution in [1.29, 1.82) is 0 Å². The third-order valence-corrected chi connectivity index (χ3v) is 4.40. The van der Waals surface area contributed by atoms with Crippen LogP contribution >= 0.6 is 31.9 Å². The van der Waals surface area contributed by atoms with Gasteiger partial charge in [-0.1, -0.05) is 22.9 Å². The van der Waals surface area contributed by atoms with Crippen LogP contribution in [-0.4, -0.2) is 16.3 Å². The Morgan fingerprint density at radius 1 is 1.47 bits per heavy atom. The molecule has 1 rings (SSSR count). The molecule has 17 heavy (non-hydrogen) atoms. The first-order valence-electron chi connectivity index (χ1n) is 5.15. The Bertz CT molecular complexity index is 433. The average molecular weight is 367 g/mol. The van der Waals surface area contributed by atoms with Gasteiger partial charge in [-0.05, 0) is 48.0 Å². The molecule has 0 aromatic heterocycles. The minimum absolute atomic E-state index is 0.110. The quantitative estimate of drug-likeness (QED) is 0.808. The van der Waals surface area contributed by atoms with E-state index >= 15 is 0 Å². The second-order valence-corrected chi connectivity index (χ2v) is 6.65. The van der Waals surface area contributed by atoms with Crippen LogP contribution in [0.4, 0.5) is 4.39 Å². The molecule has 1 N–H and O–H groups in total. The molecule has 0 saturated heterocycles. The van der Waals surface area contributed by atoms with Crippen molar-refractivity contribution < 1.29 is 9.18 Å². The zero-order valence-electron chi connectivity index (χ0n) is 9.85. The molecule has 1 unspecified atom stereocenters. The molecule has 5 heteroatoms. The number of rotatable bonds is 3. The number of hydrogen-bond acceptors (Lipinski definition) is 1. The van der Waals surface area contributed by atoms with Gasteiger partial charge in [-0.3, -0.25) is 4.79 Å². The van der Waals surface area contributed by atoms with Crippen LogP contribution in [0.5, 0.6) is 0 Å². The van der Waals surface area contributed by atoms with Crippen molar-refractivity contribution in [2.24, 2.45) is 0 Å². The van der Waals surface area contributed by atoms with Crippen LogP contribution in [0.3, 0.4) is 0 Å². The van der Waals surface area contributed by atoms with Gasteiger partial charge in [-0.15, -0.1) is 0 Å². The molecule has 0 radical (unpaired) electrons. The summed E-state index contributed by atoms with van der Waals surface area (Å²) in [6.07, 6.45) is 0. The van der Waals surface area contributed by atoms with Gasteiger partial charge in [0.15, 0.2) is 0 Å². The molecule has 0 aliphatic rings. The Hall–Kier alpha value is -0.420. The molecule has 1 atom stereocenters. The van der Waals surface area contributed by atoms with Gasteiger partial charge in [0.2, 0.25) is 0 Å². The Balaban J connectivity index is 2.87. The maximum atomic E-state index is 13.3. The van der Waals surface area contributed by atoms with Crippen LogP contribution in [0, 0.1) is 5.82 Å². The molecule has 0 spiro atoms. The maximum absolute atomic E-state index is 13.3. The maximum Gasteiger partial charge on any atom is 0.251 e. The summed E-state index contributed by atoms with van der Waals surface area (Å²) in [4.78, 5) is 12.0. The van der Waals surface area contributed by atoms with E-state index in [1.165, 1.54) is 12.1 Å². The largest absolute Gasteiger partial charge is 0.346 e. The molecule has 1 amide bonds. The van der Waals surface area contributed by atoms with Gasteiger partial charge in [0.05, 0.1) is 4.47 Å². The third kappa shape index (κ3) is 3.78. The number of amides is 1. The number of hydrogen-bond donors (Lipinski definition) is 1. The molecule has 94 valence electrons. The zero-order chi connectivity index (χ0) is 13.2. The number of benzene rings is 1. The molecule has 1 aromatic rings. The third-order valence-electron chi connectivity index (χ3n) is 2.61. The van der Waals surface area contributed by atoms with E-state index in [1.54, 1.807) is 6.07 Å². The fourth-order valence-electron chi connectivity index (χ4n) is 1.10. The molecule has 0 fully saturated rings. The molecular formula is C12H14Br2FNO. The van der Waals surface area contributed by atoms with Crippen molar-refractivity contribution >= 4 is 37.8 Å². The van der Waals surface area contributed by atoms with E-state index in [-0.39, 0.29) is 10.7 Å². The van der Waals surface area contributed by atoms with Gasteiger partial charge in [0.1, 0.15) is 5.82 Å². The first-order chi connectivity index (χ1) is 7.74. The van der Waals surface area contributed by atoms with Crippen LogP contribution in [-0.2, 0) is 0 Å². The predicted octanol–water partition coefficient (Wildman–Crippen LogP) is 3.88. The lowest BCUT2D eigenvalue weighted by molar-refractivity contribution is 0.0913. The Labute approximate surface area is 117 Å². The SMILES string of the molecule is CC(Br)C(C)(C)NC(=O)c1ccc(Br)c(F)c1. The van der Waals surface area contributed by atoms with Crippen LogP contribution in [0.2, 0.25) is 0 Å². The Morgan fingerprint density at radius 2 is 2.06 bits per heavy atom. The minimum Gasteiger partial charge on any atom is -0.346 e. The highest BCUT2D eigenvalue weighted by atomic mass is 79.9. The summed E-state index contributed by atoms with van der Waals surface area (Å²) in [5.41, 5.74) is -0.0902. The van der Waals surface area contributed by atoms with Crippen LogP contribution in [0.15, 0.2) is 22.7 Å². The number of carbonyl (C=O) groups is 1. The van der Waals surface area contributed by atoms with Gasteiger partial charge in [0, 0.05) is 15.9 Å². The molecule has 0 bridgehead atoms. The van der Waals surface area contributed by atoms with Gasteiger partial charge in [-0.25, -0.2) is 4.39 Å². The zero-order valence-corrected chi connectivity index (χ0v) is 13.0. The first kappa shape index (κ1) is 14.6. The number of alkyl halides is 1. The summed E-state index contributed by atoms with van der Waals surface area (Å²) < 4.78 is 13.6. The van der Waals surface area contributed by atoms with E-state index in [2.05, 4.69) is 37.2 Å². The number of nitrogens with one attached hydrogen (secondary N) is 1. The molecule has 2 nitrogen and oxygen atoms in total. The van der Waals surface area contributed by atoms with Crippen molar-refractivity contribution in [2.45, 2.75) is 31.1 Å². The van der Waals surface area contributed by atoms with Crippen molar-refractivity contribution in [2.75, 3.05) is 0 Å². The van der Waals surface area contributed by atoms with Crippen LogP contribution < -0.4 is 5.32 Å². The highest BCUT2D eigenvalue weighted by Gasteiger charge is 2.26. The van der Waals surface area contributed by atoms with Crippen molar-refractivity contribution in [3.63, 3.8) is 0 Å². The molecule has 1 aromatic carbocycles. The minimum atomic E-state index is -0.442. The second kappa shape index (κ2) is 5.48. The normalized spacial score (nSPS) is 13.3. The first-order valence-corrected chi connectivity index (χ1v) is 6.86. The van der Waals surface area contributed by atoms with Gasteiger partial charge < -0.3 is 5.32 Å². The summed E-state index contributed by atoms with van der Waals surface area (Å²) in [5, 5.41) is 2.85. The Morgan fingerprint density at radius 3 is 2.53 bits per heavy atom. The van der Waals surface area contributed by atoms with E-state index in [9.17, 15) is 9.18 Å². The summed E-state index contributed by atoms with van der Waals surface area (Å²) in [6, 6.07) is 4.32. The topological polar surface area (TPSA) is 29.1 Å². The van der Waals surface area contributed by atoms with Crippen molar-refractivity contribution in [1.82, 2.24) is 5.32 Å². The number of halogens is 3. The lowest BCUT2D eigenvalue weighted by Gasteiger charge is -2.29. The highest BCUT2D eigenvalue weighted by Crippen LogP contribution is 2.19. The van der Waals surface area contributed by atoms with Crippen molar-refractivity contribution in [3.05, 3.63) is 34.1 Å². The Kier molecular flexibility index (Phi) is 4.72. The van der Waals surface area contributed by atoms with E-state index < -0.39 is 11.4 Å². The molecule has 0 heterocycles. The van der Waals surface area contributed by atoms with Crippen LogP contribution in [0.1, 0.15) is 31.1 Å². The van der Waals surface area contributed by atoms with Gasteiger partial charge in [-0.2, -0.15) is 0 Å². The molecule has 0 aliphatic heterocycles. The van der Waals surface area contributed by atoms with E-state index in [4.69, 9.17) is 0 Å². The second-order valence-electron chi connectivity index (χ2n) is 4.42. The lowest BCUT2D eigenvalue weighted by atomic mass is 10.0. The van der Waals surface area contributed by atoms with E-state index in [1.807, 2.05) is 20.8 Å². The lowest BCUT2D eigenvalue weighted by Crippen LogP contribution is -2.48. The molecule has 0 saturated carbocycles. The summed E-state index contributed by atoms with van der Waals surface area (Å²) in [7, 11) is 0. The van der Waals surface area contributed by atoms with E-state index in [0.29, 0.717) is 10.0 Å². The fraction of sp³-hybridized carbons (Fsp3) is 0.417. The van der Waals surface area contributed by atoms with Gasteiger partial charge >= 0.3 is 0 Å². The van der Waals surface area contributed by atoms with E-state index in [0.717, 1.165) is 0 Å². The smallest absolute Gasteiger partial charge is 0.251 e. The summed E-state index contributed by atoms with van der Waals surface area (Å²) in [6.45, 7) is 5.75. The van der Waals surface area contributed by atoms with Crippen molar-refractivity contribution in [3.8, 4) is 0 Å². The summed E-state index contributed by atoms with van der Waals surface area (Å²) >= 11 is 6.48. The standard InChI is InChI=1S/C12H14Br2FNO/c1-7(13)12(2,3)16-11(17)8-4-5-9(14)10(15)6-8/h4-7H,1-3H3,(H,16,17). The molecular weight excluding hydrogens is 353 g/mol. The van der Waals surface area contributed by atoms with Crippen LogP contribution in [0.25, 0.3) is 0 Å². The summed E-state index contributed by atoms with van der Waals surface area (Å²) in [5.74, 6) is -0.727. The van der Waals surface area contributed by atoms with Gasteiger partial charge in [0.25, 0.3) is 5.91 Å². The predicted molar refractivity (Wildman–Crippen MR) is 74.0 cm³/mol. The fourth-order valence-corrected chi connectivity index (χ4v) is 1.46.